The molecule has 3 unspecified atom stereocenters. The van der Waals surface area contributed by atoms with E-state index < -0.39 is 20.0 Å². The fraction of sp³-hybridized carbons (Fsp3) is 0.735. The van der Waals surface area contributed by atoms with Gasteiger partial charge in [-0.05, 0) is 83.5 Å². The van der Waals surface area contributed by atoms with Crippen molar-refractivity contribution in [2.75, 3.05) is 40.9 Å². The Bertz CT molecular complexity index is 1170. The number of carbonyl (C=O) groups excluding carboxylic acids is 1. The second-order valence-corrected chi connectivity index (χ2v) is 18.2. The monoisotopic (exact) mass is 834 g/mol. The van der Waals surface area contributed by atoms with Crippen molar-refractivity contribution < 1.29 is 32.9 Å². The standard InChI is InChI=1S/C49H89N2O6P/c1-6-8-10-12-14-16-18-20-22-24-25-27-29-31-33-35-37-39-41-43-49(53)50-47(46-57-58(54,55)56-45-44-51(3,4)5)48(52)42-40-38-36-34-32-30-28-26-23-21-19-17-15-13-11-9-7-2/h14,16,20,22-23,25-27,32,34,40,42,47-48,52H,6-13,15,17-19,21,24,28-31,33,35-39,41,43-46H2,1-5H3,(H-,50,53,54,55)/p+1/b16-14-,22-20-,26-23+,27-25-,34-32+,42-40+. The van der Waals surface area contributed by atoms with E-state index in [0.29, 0.717) is 17.4 Å². The fourth-order valence-electron chi connectivity index (χ4n) is 6.14. The van der Waals surface area contributed by atoms with Gasteiger partial charge in [0, 0.05) is 6.42 Å². The molecule has 0 aromatic rings. The Morgan fingerprint density at radius 3 is 1.53 bits per heavy atom. The van der Waals surface area contributed by atoms with Crippen LogP contribution < -0.4 is 5.32 Å². The molecule has 0 rings (SSSR count). The van der Waals surface area contributed by atoms with E-state index in [0.717, 1.165) is 70.6 Å². The molecule has 3 N–H and O–H groups in total. The van der Waals surface area contributed by atoms with Gasteiger partial charge >= 0.3 is 7.82 Å². The number of amides is 1. The molecule has 0 aliphatic heterocycles. The van der Waals surface area contributed by atoms with Crippen molar-refractivity contribution in [1.29, 1.82) is 0 Å². The average Bonchev–Trinajstić information content (AvgIpc) is 3.17. The normalized spacial score (nSPS) is 14.9. The molecule has 58 heavy (non-hydrogen) atoms. The number of nitrogens with zero attached hydrogens (tertiary/aromatic N) is 1. The molecule has 0 fully saturated rings. The predicted molar refractivity (Wildman–Crippen MR) is 249 cm³/mol. The van der Waals surface area contributed by atoms with Gasteiger partial charge in [-0.2, -0.15) is 0 Å². The molecule has 9 heteroatoms. The maximum Gasteiger partial charge on any atom is 0.472 e. The molecule has 1 amide bonds. The first-order valence-electron chi connectivity index (χ1n) is 23.3. The van der Waals surface area contributed by atoms with Crippen LogP contribution in [0.25, 0.3) is 0 Å². The van der Waals surface area contributed by atoms with E-state index in [1.54, 1.807) is 6.08 Å². The highest BCUT2D eigenvalue weighted by Gasteiger charge is 2.27. The summed E-state index contributed by atoms with van der Waals surface area (Å²) in [6.07, 6.45) is 54.0. The predicted octanol–water partition coefficient (Wildman–Crippen LogP) is 13.2. The second kappa shape index (κ2) is 40.4. The summed E-state index contributed by atoms with van der Waals surface area (Å²) in [6, 6.07) is -0.879. The average molecular weight is 834 g/mol. The summed E-state index contributed by atoms with van der Waals surface area (Å²) in [6.45, 7) is 4.72. The zero-order chi connectivity index (χ0) is 42.8. The van der Waals surface area contributed by atoms with Crippen molar-refractivity contribution in [3.05, 3.63) is 72.9 Å². The summed E-state index contributed by atoms with van der Waals surface area (Å²) in [5.74, 6) is -0.207. The Hall–Kier alpha value is -2.06. The number of phosphoric ester groups is 1. The minimum atomic E-state index is -4.36. The van der Waals surface area contributed by atoms with Crippen LogP contribution >= 0.6 is 7.82 Å². The Balaban J connectivity index is 4.51. The summed E-state index contributed by atoms with van der Waals surface area (Å²) in [5.41, 5.74) is 0. The minimum Gasteiger partial charge on any atom is -0.387 e. The van der Waals surface area contributed by atoms with E-state index in [2.05, 4.69) is 79.9 Å². The van der Waals surface area contributed by atoms with Crippen LogP contribution in [0.5, 0.6) is 0 Å². The maximum atomic E-state index is 12.9. The number of aliphatic hydroxyl groups is 1. The highest BCUT2D eigenvalue weighted by Crippen LogP contribution is 2.43. The molecule has 0 saturated heterocycles. The largest absolute Gasteiger partial charge is 0.472 e. The number of hydrogen-bond donors (Lipinski definition) is 3. The van der Waals surface area contributed by atoms with Crippen LogP contribution in [0.3, 0.4) is 0 Å². The van der Waals surface area contributed by atoms with Crippen molar-refractivity contribution >= 4 is 13.7 Å². The fourth-order valence-corrected chi connectivity index (χ4v) is 6.87. The Labute approximate surface area is 357 Å². The summed E-state index contributed by atoms with van der Waals surface area (Å²) >= 11 is 0. The summed E-state index contributed by atoms with van der Waals surface area (Å²) in [4.78, 5) is 23.1. The third kappa shape index (κ3) is 42.1. The third-order valence-electron chi connectivity index (χ3n) is 9.88. The van der Waals surface area contributed by atoms with Gasteiger partial charge in [-0.3, -0.25) is 13.8 Å². The summed E-state index contributed by atoms with van der Waals surface area (Å²) in [5, 5.41) is 13.8. The Kier molecular flexibility index (Phi) is 38.9. The van der Waals surface area contributed by atoms with E-state index in [4.69, 9.17) is 9.05 Å². The van der Waals surface area contributed by atoms with Gasteiger partial charge in [0.2, 0.25) is 5.91 Å². The van der Waals surface area contributed by atoms with Gasteiger partial charge in [0.25, 0.3) is 0 Å². The lowest BCUT2D eigenvalue weighted by molar-refractivity contribution is -0.870. The lowest BCUT2D eigenvalue weighted by Gasteiger charge is -2.25. The van der Waals surface area contributed by atoms with Crippen LogP contribution in [-0.4, -0.2) is 73.4 Å². The zero-order valence-electron chi connectivity index (χ0n) is 38.0. The van der Waals surface area contributed by atoms with Gasteiger partial charge < -0.3 is 19.8 Å². The number of quaternary nitrogens is 1. The molecule has 0 heterocycles. The zero-order valence-corrected chi connectivity index (χ0v) is 38.9. The van der Waals surface area contributed by atoms with Crippen LogP contribution in [-0.2, 0) is 18.4 Å². The molecule has 0 aromatic heterocycles. The minimum absolute atomic E-state index is 0.0473. The van der Waals surface area contributed by atoms with Crippen LogP contribution in [0.2, 0.25) is 0 Å². The number of unbranched alkanes of at least 4 members (excludes halogenated alkanes) is 18. The maximum absolute atomic E-state index is 12.9. The van der Waals surface area contributed by atoms with Gasteiger partial charge in [-0.25, -0.2) is 4.57 Å². The molecule has 3 atom stereocenters. The van der Waals surface area contributed by atoms with Gasteiger partial charge in [-0.1, -0.05) is 164 Å². The van der Waals surface area contributed by atoms with Gasteiger partial charge in [-0.15, -0.1) is 0 Å². The Morgan fingerprint density at radius 1 is 0.586 bits per heavy atom. The number of likely N-dealkylation sites (N-methyl/N-ethyl adjacent to an activating group) is 1. The van der Waals surface area contributed by atoms with E-state index in [9.17, 15) is 19.4 Å². The van der Waals surface area contributed by atoms with E-state index in [-0.39, 0.29) is 19.1 Å². The quantitative estimate of drug-likeness (QED) is 0.0245. The number of hydrogen-bond acceptors (Lipinski definition) is 5. The first kappa shape index (κ1) is 55.9. The smallest absolute Gasteiger partial charge is 0.387 e. The topological polar surface area (TPSA) is 105 Å². The number of phosphoric acid groups is 1. The molecule has 0 aliphatic rings. The van der Waals surface area contributed by atoms with Crippen LogP contribution in [0.15, 0.2) is 72.9 Å². The van der Waals surface area contributed by atoms with Crippen molar-refractivity contribution in [3.63, 3.8) is 0 Å². The van der Waals surface area contributed by atoms with E-state index in [1.807, 2.05) is 27.2 Å². The van der Waals surface area contributed by atoms with Crippen molar-refractivity contribution in [2.45, 2.75) is 193 Å². The van der Waals surface area contributed by atoms with Gasteiger partial charge in [0.1, 0.15) is 13.2 Å². The van der Waals surface area contributed by atoms with Crippen LogP contribution in [0, 0.1) is 0 Å². The molecular weight excluding hydrogens is 744 g/mol. The molecular formula is C49H90N2O6P+. The van der Waals surface area contributed by atoms with Crippen LogP contribution in [0.4, 0.5) is 0 Å². The van der Waals surface area contributed by atoms with Crippen molar-refractivity contribution in [1.82, 2.24) is 5.32 Å². The lowest BCUT2D eigenvalue weighted by atomic mass is 10.1. The van der Waals surface area contributed by atoms with Gasteiger partial charge in [0.05, 0.1) is 39.9 Å². The number of allylic oxidation sites excluding steroid dienone is 11. The van der Waals surface area contributed by atoms with Crippen molar-refractivity contribution in [3.8, 4) is 0 Å². The molecule has 0 saturated carbocycles. The van der Waals surface area contributed by atoms with Crippen molar-refractivity contribution in [2.24, 2.45) is 0 Å². The third-order valence-corrected chi connectivity index (χ3v) is 10.9. The molecule has 0 aliphatic carbocycles. The number of rotatable bonds is 41. The summed E-state index contributed by atoms with van der Waals surface area (Å²) < 4.78 is 23.5. The molecule has 0 radical (unpaired) electrons. The molecule has 0 spiro atoms. The second-order valence-electron chi connectivity index (χ2n) is 16.8. The molecule has 0 bridgehead atoms. The van der Waals surface area contributed by atoms with E-state index >= 15 is 0 Å². The number of carbonyl (C=O) groups is 1. The van der Waals surface area contributed by atoms with Gasteiger partial charge in [0.15, 0.2) is 0 Å². The highest BCUT2D eigenvalue weighted by atomic mass is 31.2. The molecule has 8 nitrogen and oxygen atoms in total. The Morgan fingerprint density at radius 2 is 1.00 bits per heavy atom. The number of nitrogens with one attached hydrogen (secondary N) is 1. The summed E-state index contributed by atoms with van der Waals surface area (Å²) in [7, 11) is 1.52. The number of aliphatic hydroxyl groups excluding tert-OH is 1. The lowest BCUT2D eigenvalue weighted by Crippen LogP contribution is -2.45. The van der Waals surface area contributed by atoms with Crippen LogP contribution in [0.1, 0.15) is 181 Å². The molecule has 336 valence electrons. The first-order valence-corrected chi connectivity index (χ1v) is 24.8. The van der Waals surface area contributed by atoms with E-state index in [1.165, 1.54) is 89.9 Å². The SMILES string of the molecule is CCCCC/C=C\C/C=C\C/C=C\CCCCCCCCC(=O)NC(COP(=O)(O)OCC[N+](C)(C)C)C(O)/C=C/CC/C=C/CC/C=C/CCCCCCCCC. The highest BCUT2D eigenvalue weighted by molar-refractivity contribution is 7.47. The first-order chi connectivity index (χ1) is 28.0. The molecule has 0 aromatic carbocycles.